The molecule has 2 nitrogen and oxygen atoms in total. The molecule has 0 saturated heterocycles. The minimum atomic E-state index is 0.224. The molecule has 0 atom stereocenters. The first-order chi connectivity index (χ1) is 11.1. The Morgan fingerprint density at radius 2 is 1.57 bits per heavy atom. The van der Waals surface area contributed by atoms with Crippen LogP contribution in [0.4, 0.5) is 0 Å². The van der Waals surface area contributed by atoms with Gasteiger partial charge in [-0.3, -0.25) is 4.79 Å². The highest BCUT2D eigenvalue weighted by Crippen LogP contribution is 2.24. The van der Waals surface area contributed by atoms with Crippen molar-refractivity contribution in [3.8, 4) is 0 Å². The maximum atomic E-state index is 12.0. The first kappa shape index (κ1) is 22.9. The number of halogens is 1. The summed E-state index contributed by atoms with van der Waals surface area (Å²) in [6.45, 7) is 11.3. The van der Waals surface area contributed by atoms with Crippen molar-refractivity contribution in [1.29, 1.82) is 0 Å². The van der Waals surface area contributed by atoms with Gasteiger partial charge in [-0.2, -0.15) is 0 Å². The molecule has 0 aliphatic carbocycles. The Balaban J connectivity index is 4.12. The molecule has 0 saturated carbocycles. The Morgan fingerprint density at radius 1 is 1.00 bits per heavy atom. The van der Waals surface area contributed by atoms with Gasteiger partial charge in [0, 0.05) is 13.0 Å². The second-order valence-corrected chi connectivity index (χ2v) is 8.37. The molecule has 0 heterocycles. The van der Waals surface area contributed by atoms with Gasteiger partial charge in [0.1, 0.15) is 0 Å². The molecule has 0 aliphatic rings. The summed E-state index contributed by atoms with van der Waals surface area (Å²) < 4.78 is 0.843. The van der Waals surface area contributed by atoms with Crippen molar-refractivity contribution >= 4 is 32.8 Å². The van der Waals surface area contributed by atoms with Crippen LogP contribution in [0, 0.1) is 0 Å². The largest absolute Gasteiger partial charge is 0.303 e. The number of hydrogen-bond donors (Lipinski definition) is 0. The van der Waals surface area contributed by atoms with Crippen molar-refractivity contribution in [3.05, 3.63) is 22.5 Å². The lowest BCUT2D eigenvalue weighted by atomic mass is 10.1. The number of thioether (sulfide) groups is 1. The third-order valence-corrected chi connectivity index (χ3v) is 5.26. The van der Waals surface area contributed by atoms with Crippen LogP contribution in [0.5, 0.6) is 0 Å². The number of allylic oxidation sites excluding steroid dienone is 2. The molecule has 0 N–H and O–H groups in total. The van der Waals surface area contributed by atoms with E-state index in [0.717, 1.165) is 23.4 Å². The van der Waals surface area contributed by atoms with Crippen molar-refractivity contribution in [2.75, 3.05) is 19.6 Å². The number of carbonyl (C=O) groups excluding carboxylic acids is 1. The van der Waals surface area contributed by atoms with E-state index in [1.807, 2.05) is 6.08 Å². The van der Waals surface area contributed by atoms with Crippen molar-refractivity contribution in [2.45, 2.75) is 71.6 Å². The van der Waals surface area contributed by atoms with Crippen LogP contribution in [0.1, 0.15) is 71.6 Å². The predicted molar refractivity (Wildman–Crippen MR) is 109 cm³/mol. The standard InChI is InChI=1S/C19H34BrNOS/c1-4-7-9-11-15-21(16-12-10-8-5-2)17-14-19(22)23-18(20)13-6-3/h6,13H,3-5,7-12,14-17H2,1-2H3/b18-13-. The third kappa shape index (κ3) is 15.2. The first-order valence-corrected chi connectivity index (χ1v) is 10.7. The average molecular weight is 404 g/mol. The van der Waals surface area contributed by atoms with Crippen LogP contribution >= 0.6 is 27.7 Å². The molecule has 0 aromatic heterocycles. The normalized spacial score (nSPS) is 11.9. The van der Waals surface area contributed by atoms with Crippen molar-refractivity contribution in [3.63, 3.8) is 0 Å². The van der Waals surface area contributed by atoms with E-state index in [1.165, 1.54) is 63.1 Å². The maximum absolute atomic E-state index is 12.0. The molecule has 134 valence electrons. The van der Waals surface area contributed by atoms with E-state index in [2.05, 4.69) is 41.3 Å². The molecular weight excluding hydrogens is 370 g/mol. The van der Waals surface area contributed by atoms with Crippen LogP contribution in [-0.2, 0) is 4.79 Å². The van der Waals surface area contributed by atoms with E-state index < -0.39 is 0 Å². The summed E-state index contributed by atoms with van der Waals surface area (Å²) >= 11 is 4.65. The summed E-state index contributed by atoms with van der Waals surface area (Å²) in [5, 5.41) is 0.224. The summed E-state index contributed by atoms with van der Waals surface area (Å²) in [4.78, 5) is 14.5. The molecule has 0 spiro atoms. The molecule has 0 rings (SSSR count). The Morgan fingerprint density at radius 3 is 2.04 bits per heavy atom. The number of carbonyl (C=O) groups is 1. The molecule has 0 unspecified atom stereocenters. The van der Waals surface area contributed by atoms with Gasteiger partial charge in [0.2, 0.25) is 0 Å². The number of nitrogens with zero attached hydrogens (tertiary/aromatic N) is 1. The van der Waals surface area contributed by atoms with E-state index in [1.54, 1.807) is 6.08 Å². The minimum Gasteiger partial charge on any atom is -0.303 e. The fraction of sp³-hybridized carbons (Fsp3) is 0.737. The van der Waals surface area contributed by atoms with Gasteiger partial charge in [0.05, 0.1) is 3.81 Å². The molecule has 0 aromatic carbocycles. The molecule has 0 aliphatic heterocycles. The van der Waals surface area contributed by atoms with Gasteiger partial charge in [0.25, 0.3) is 0 Å². The quantitative estimate of drug-likeness (QED) is 0.229. The number of unbranched alkanes of at least 4 members (excludes halogenated alkanes) is 6. The highest BCUT2D eigenvalue weighted by atomic mass is 79.9. The zero-order chi connectivity index (χ0) is 17.3. The van der Waals surface area contributed by atoms with Gasteiger partial charge in [-0.25, -0.2) is 0 Å². The van der Waals surface area contributed by atoms with Gasteiger partial charge < -0.3 is 4.90 Å². The molecular formula is C19H34BrNOS. The van der Waals surface area contributed by atoms with E-state index in [0.29, 0.717) is 6.42 Å². The molecule has 0 radical (unpaired) electrons. The second-order valence-electron chi connectivity index (χ2n) is 5.89. The van der Waals surface area contributed by atoms with Crippen LogP contribution in [0.2, 0.25) is 0 Å². The monoisotopic (exact) mass is 403 g/mol. The lowest BCUT2D eigenvalue weighted by molar-refractivity contribution is -0.111. The van der Waals surface area contributed by atoms with Gasteiger partial charge in [-0.1, -0.05) is 65.0 Å². The van der Waals surface area contributed by atoms with E-state index in [4.69, 9.17) is 0 Å². The molecule has 0 aromatic rings. The van der Waals surface area contributed by atoms with Gasteiger partial charge in [0.15, 0.2) is 5.12 Å². The van der Waals surface area contributed by atoms with E-state index >= 15 is 0 Å². The van der Waals surface area contributed by atoms with Crippen molar-refractivity contribution in [2.24, 2.45) is 0 Å². The zero-order valence-corrected chi connectivity index (χ0v) is 17.4. The maximum Gasteiger partial charge on any atom is 0.195 e. The predicted octanol–water partition coefficient (Wildman–Crippen LogP) is 6.52. The van der Waals surface area contributed by atoms with Crippen LogP contribution in [-0.4, -0.2) is 29.6 Å². The lowest BCUT2D eigenvalue weighted by Crippen LogP contribution is -2.28. The van der Waals surface area contributed by atoms with Crippen LogP contribution in [0.15, 0.2) is 22.5 Å². The zero-order valence-electron chi connectivity index (χ0n) is 15.0. The molecule has 0 amide bonds. The smallest absolute Gasteiger partial charge is 0.195 e. The van der Waals surface area contributed by atoms with E-state index in [9.17, 15) is 4.79 Å². The summed E-state index contributed by atoms with van der Waals surface area (Å²) in [7, 11) is 0. The summed E-state index contributed by atoms with van der Waals surface area (Å²) in [5.41, 5.74) is 0. The van der Waals surface area contributed by atoms with Gasteiger partial charge in [-0.05, 0) is 59.7 Å². The SMILES string of the molecule is C=C/C=C(/Br)SC(=O)CCN(CCCCCC)CCCCCC. The Labute approximate surface area is 156 Å². The second kappa shape index (κ2) is 16.8. The fourth-order valence-electron chi connectivity index (χ4n) is 2.40. The summed E-state index contributed by atoms with van der Waals surface area (Å²) in [5.74, 6) is 0. The molecule has 23 heavy (non-hydrogen) atoms. The summed E-state index contributed by atoms with van der Waals surface area (Å²) in [6, 6.07) is 0. The highest BCUT2D eigenvalue weighted by molar-refractivity contribution is 9.14. The van der Waals surface area contributed by atoms with Gasteiger partial charge in [-0.15, -0.1) is 0 Å². The molecule has 0 fully saturated rings. The van der Waals surface area contributed by atoms with Crippen LogP contribution < -0.4 is 0 Å². The molecule has 0 bridgehead atoms. The topological polar surface area (TPSA) is 20.3 Å². The Kier molecular flexibility index (Phi) is 16.7. The Hall–Kier alpha value is -0.0600. The lowest BCUT2D eigenvalue weighted by Gasteiger charge is -2.22. The highest BCUT2D eigenvalue weighted by Gasteiger charge is 2.10. The van der Waals surface area contributed by atoms with Crippen LogP contribution in [0.25, 0.3) is 0 Å². The van der Waals surface area contributed by atoms with Crippen LogP contribution in [0.3, 0.4) is 0 Å². The fourth-order valence-corrected chi connectivity index (χ4v) is 3.70. The number of rotatable bonds is 15. The van der Waals surface area contributed by atoms with Crippen molar-refractivity contribution in [1.82, 2.24) is 4.90 Å². The molecule has 4 heteroatoms. The third-order valence-electron chi connectivity index (χ3n) is 3.75. The minimum absolute atomic E-state index is 0.224. The summed E-state index contributed by atoms with van der Waals surface area (Å²) in [6.07, 6.45) is 14.4. The van der Waals surface area contributed by atoms with E-state index in [-0.39, 0.29) is 5.12 Å². The Bertz CT molecular complexity index is 332. The van der Waals surface area contributed by atoms with Gasteiger partial charge >= 0.3 is 0 Å². The van der Waals surface area contributed by atoms with Crippen molar-refractivity contribution < 1.29 is 4.79 Å². The first-order valence-electron chi connectivity index (χ1n) is 9.05. The average Bonchev–Trinajstić information content (AvgIpc) is 2.52. The number of hydrogen-bond acceptors (Lipinski definition) is 3.